The minimum Gasteiger partial charge on any atom is -0.195 e. The molecular formula is C6H15BrN2O2S. The molecule has 4 nitrogen and oxygen atoms in total. The summed E-state index contributed by atoms with van der Waals surface area (Å²) in [5.74, 6) is 0. The number of rotatable bonds is 5. The van der Waals surface area contributed by atoms with Gasteiger partial charge in [0.25, 0.3) is 10.2 Å². The first-order valence-electron chi connectivity index (χ1n) is 3.62. The average Bonchev–Trinajstić information content (AvgIpc) is 1.99. The molecule has 0 fully saturated rings. The predicted molar refractivity (Wildman–Crippen MR) is 53.6 cm³/mol. The van der Waals surface area contributed by atoms with E-state index in [1.54, 1.807) is 7.05 Å². The minimum absolute atomic E-state index is 0.547. The van der Waals surface area contributed by atoms with Gasteiger partial charge in [-0.25, -0.2) is 0 Å². The molecule has 0 atom stereocenters. The van der Waals surface area contributed by atoms with E-state index < -0.39 is 10.2 Å². The normalized spacial score (nSPS) is 12.8. The third-order valence-electron chi connectivity index (χ3n) is 1.46. The van der Waals surface area contributed by atoms with Crippen LogP contribution in [-0.4, -0.2) is 50.0 Å². The summed E-state index contributed by atoms with van der Waals surface area (Å²) in [6, 6.07) is 0. The molecule has 0 unspecified atom stereocenters. The van der Waals surface area contributed by atoms with E-state index in [0.29, 0.717) is 6.54 Å². The fraction of sp³-hybridized carbons (Fsp3) is 1.00. The van der Waals surface area contributed by atoms with Crippen molar-refractivity contribution in [3.8, 4) is 0 Å². The maximum Gasteiger partial charge on any atom is 0.281 e. The maximum atomic E-state index is 11.4. The van der Waals surface area contributed by atoms with Crippen LogP contribution in [0.15, 0.2) is 0 Å². The summed E-state index contributed by atoms with van der Waals surface area (Å²) in [5.41, 5.74) is 0. The smallest absolute Gasteiger partial charge is 0.195 e. The van der Waals surface area contributed by atoms with Gasteiger partial charge < -0.3 is 0 Å². The number of hydrogen-bond donors (Lipinski definition) is 0. The van der Waals surface area contributed by atoms with Gasteiger partial charge in [-0.3, -0.25) is 0 Å². The van der Waals surface area contributed by atoms with Crippen molar-refractivity contribution in [1.82, 2.24) is 8.61 Å². The van der Waals surface area contributed by atoms with Gasteiger partial charge in [-0.15, -0.1) is 0 Å². The Balaban J connectivity index is 4.17. The Kier molecular flexibility index (Phi) is 5.31. The maximum absolute atomic E-state index is 11.4. The monoisotopic (exact) mass is 258 g/mol. The van der Waals surface area contributed by atoms with Crippen LogP contribution in [0.4, 0.5) is 0 Å². The van der Waals surface area contributed by atoms with Gasteiger partial charge in [0.05, 0.1) is 0 Å². The molecule has 0 rings (SSSR count). The molecule has 0 aromatic rings. The second-order valence-electron chi connectivity index (χ2n) is 2.65. The van der Waals surface area contributed by atoms with Crippen LogP contribution < -0.4 is 0 Å². The highest BCUT2D eigenvalue weighted by Crippen LogP contribution is 2.02. The molecular weight excluding hydrogens is 244 g/mol. The molecule has 0 saturated heterocycles. The van der Waals surface area contributed by atoms with Gasteiger partial charge in [0.2, 0.25) is 0 Å². The van der Waals surface area contributed by atoms with Crippen molar-refractivity contribution in [3.63, 3.8) is 0 Å². The summed E-state index contributed by atoms with van der Waals surface area (Å²) in [6.07, 6.45) is 0.823. The first kappa shape index (κ1) is 12.3. The van der Waals surface area contributed by atoms with Crippen molar-refractivity contribution in [2.45, 2.75) is 6.42 Å². The van der Waals surface area contributed by atoms with Crippen molar-refractivity contribution >= 4 is 26.1 Å². The Morgan fingerprint density at radius 1 is 1.25 bits per heavy atom. The molecule has 0 bridgehead atoms. The number of hydrogen-bond acceptors (Lipinski definition) is 2. The summed E-state index contributed by atoms with van der Waals surface area (Å²) in [4.78, 5) is 0. The first-order valence-corrected chi connectivity index (χ1v) is 6.14. The SMILES string of the molecule is CN(C)S(=O)(=O)N(C)CCCBr. The highest BCUT2D eigenvalue weighted by molar-refractivity contribution is 9.09. The van der Waals surface area contributed by atoms with Gasteiger partial charge in [0.1, 0.15) is 0 Å². The van der Waals surface area contributed by atoms with Crippen LogP contribution in [0.1, 0.15) is 6.42 Å². The molecule has 74 valence electrons. The standard InChI is InChI=1S/C6H15BrN2O2S/c1-8(2)12(10,11)9(3)6-4-5-7/h4-6H2,1-3H3. The lowest BCUT2D eigenvalue weighted by molar-refractivity contribution is 0.418. The molecule has 0 aliphatic heterocycles. The summed E-state index contributed by atoms with van der Waals surface area (Å²) in [7, 11) is 1.43. The first-order chi connectivity index (χ1) is 5.42. The van der Waals surface area contributed by atoms with Crippen LogP contribution in [0.3, 0.4) is 0 Å². The Hall–Kier alpha value is 0.350. The highest BCUT2D eigenvalue weighted by atomic mass is 79.9. The molecule has 0 N–H and O–H groups in total. The van der Waals surface area contributed by atoms with Gasteiger partial charge in [-0.1, -0.05) is 15.9 Å². The van der Waals surface area contributed by atoms with Gasteiger partial charge in [0.15, 0.2) is 0 Å². The van der Waals surface area contributed by atoms with E-state index in [4.69, 9.17) is 0 Å². The van der Waals surface area contributed by atoms with Crippen LogP contribution in [0.25, 0.3) is 0 Å². The third-order valence-corrected chi connectivity index (χ3v) is 3.92. The summed E-state index contributed by atoms with van der Waals surface area (Å²) in [6.45, 7) is 0.547. The fourth-order valence-corrected chi connectivity index (χ4v) is 1.84. The van der Waals surface area contributed by atoms with Gasteiger partial charge in [-0.2, -0.15) is 17.0 Å². The van der Waals surface area contributed by atoms with Crippen molar-refractivity contribution in [2.24, 2.45) is 0 Å². The van der Waals surface area contributed by atoms with Crippen molar-refractivity contribution in [2.75, 3.05) is 33.0 Å². The second kappa shape index (κ2) is 5.16. The molecule has 0 aromatic carbocycles. The Morgan fingerprint density at radius 2 is 1.75 bits per heavy atom. The molecule has 0 amide bonds. The van der Waals surface area contributed by atoms with Gasteiger partial charge in [0, 0.05) is 33.0 Å². The zero-order valence-corrected chi connectivity index (χ0v) is 10.0. The van der Waals surface area contributed by atoms with Crippen molar-refractivity contribution in [3.05, 3.63) is 0 Å². The Labute approximate surface area is 82.8 Å². The fourth-order valence-electron chi connectivity index (χ4n) is 0.677. The lowest BCUT2D eigenvalue weighted by atomic mass is 10.5. The Bertz CT molecular complexity index is 216. The zero-order valence-electron chi connectivity index (χ0n) is 7.62. The number of nitrogens with zero attached hydrogens (tertiary/aromatic N) is 2. The second-order valence-corrected chi connectivity index (χ2v) is 5.70. The minimum atomic E-state index is -3.20. The van der Waals surface area contributed by atoms with Crippen LogP contribution in [0.2, 0.25) is 0 Å². The van der Waals surface area contributed by atoms with E-state index in [1.807, 2.05) is 0 Å². The van der Waals surface area contributed by atoms with E-state index in [1.165, 1.54) is 22.7 Å². The number of halogens is 1. The number of alkyl halides is 1. The van der Waals surface area contributed by atoms with Crippen molar-refractivity contribution < 1.29 is 8.42 Å². The summed E-state index contributed by atoms with van der Waals surface area (Å²) >= 11 is 3.25. The summed E-state index contributed by atoms with van der Waals surface area (Å²) < 4.78 is 25.3. The molecule has 0 saturated carbocycles. The molecule has 6 heteroatoms. The molecule has 0 heterocycles. The van der Waals surface area contributed by atoms with Crippen LogP contribution in [0, 0.1) is 0 Å². The lowest BCUT2D eigenvalue weighted by Crippen LogP contribution is -2.37. The largest absolute Gasteiger partial charge is 0.281 e. The third kappa shape index (κ3) is 3.38. The highest BCUT2D eigenvalue weighted by Gasteiger charge is 2.18. The topological polar surface area (TPSA) is 40.6 Å². The van der Waals surface area contributed by atoms with Crippen LogP contribution >= 0.6 is 15.9 Å². The quantitative estimate of drug-likeness (QED) is 0.675. The summed E-state index contributed by atoms with van der Waals surface area (Å²) in [5, 5.41) is 0.820. The lowest BCUT2D eigenvalue weighted by Gasteiger charge is -2.20. The average molecular weight is 259 g/mol. The molecule has 0 spiro atoms. The van der Waals surface area contributed by atoms with E-state index in [-0.39, 0.29) is 0 Å². The zero-order chi connectivity index (χ0) is 9.78. The molecule has 0 aliphatic carbocycles. The van der Waals surface area contributed by atoms with E-state index >= 15 is 0 Å². The van der Waals surface area contributed by atoms with E-state index in [2.05, 4.69) is 15.9 Å². The van der Waals surface area contributed by atoms with Crippen molar-refractivity contribution in [1.29, 1.82) is 0 Å². The van der Waals surface area contributed by atoms with Gasteiger partial charge in [-0.05, 0) is 6.42 Å². The van der Waals surface area contributed by atoms with Crippen LogP contribution in [0.5, 0.6) is 0 Å². The van der Waals surface area contributed by atoms with Crippen LogP contribution in [-0.2, 0) is 10.2 Å². The van der Waals surface area contributed by atoms with E-state index in [0.717, 1.165) is 11.8 Å². The predicted octanol–water partition coefficient (Wildman–Crippen LogP) is 0.510. The molecule has 12 heavy (non-hydrogen) atoms. The molecule has 0 radical (unpaired) electrons. The van der Waals surface area contributed by atoms with E-state index in [9.17, 15) is 8.42 Å². The molecule has 0 aromatic heterocycles. The molecule has 0 aliphatic rings. The van der Waals surface area contributed by atoms with Gasteiger partial charge >= 0.3 is 0 Å². The Morgan fingerprint density at radius 3 is 2.08 bits per heavy atom.